The maximum Gasteiger partial charge on any atom is 0.431 e. The minimum atomic E-state index is -4.66. The summed E-state index contributed by atoms with van der Waals surface area (Å²) >= 11 is 0. The second kappa shape index (κ2) is 4.38. The smallest absolute Gasteiger partial charge is 0.431 e. The Morgan fingerprint density at radius 2 is 1.84 bits per heavy atom. The Balaban J connectivity index is 2.29. The van der Waals surface area contributed by atoms with Crippen LogP contribution in [0.5, 0.6) is 0 Å². The van der Waals surface area contributed by atoms with E-state index in [4.69, 9.17) is 0 Å². The molecule has 0 atom stereocenters. The van der Waals surface area contributed by atoms with E-state index in [9.17, 15) is 27.9 Å². The van der Waals surface area contributed by atoms with Crippen molar-refractivity contribution in [2.24, 2.45) is 5.10 Å². The summed E-state index contributed by atoms with van der Waals surface area (Å²) in [6, 6.07) is 4.62. The van der Waals surface area contributed by atoms with Crippen LogP contribution < -0.4 is 10.1 Å². The second-order valence-electron chi connectivity index (χ2n) is 3.76. The van der Waals surface area contributed by atoms with Crippen LogP contribution >= 0.6 is 0 Å². The fraction of sp³-hybridized carbons (Fsp3) is 0.182. The minimum Gasteiger partial charge on any atom is -0.545 e. The van der Waals surface area contributed by atoms with Crippen LogP contribution in [0.25, 0.3) is 0 Å². The molecule has 1 aliphatic rings. The average Bonchev–Trinajstić information content (AvgIpc) is 2.71. The van der Waals surface area contributed by atoms with Crippen LogP contribution in [-0.2, 0) is 4.79 Å². The van der Waals surface area contributed by atoms with E-state index < -0.39 is 30.2 Å². The Hall–Kier alpha value is -2.38. The summed E-state index contributed by atoms with van der Waals surface area (Å²) in [4.78, 5) is 21.9. The van der Waals surface area contributed by atoms with Crippen LogP contribution in [0.2, 0.25) is 0 Å². The average molecular weight is 271 g/mol. The van der Waals surface area contributed by atoms with Gasteiger partial charge in [0.05, 0.1) is 18.1 Å². The molecule has 100 valence electrons. The van der Waals surface area contributed by atoms with E-state index in [0.717, 1.165) is 12.1 Å². The Kier molecular flexibility index (Phi) is 3.01. The first kappa shape index (κ1) is 13.1. The van der Waals surface area contributed by atoms with Crippen molar-refractivity contribution < 1.29 is 27.9 Å². The Bertz CT molecular complexity index is 564. The molecule has 0 N–H and O–H groups in total. The SMILES string of the molecule is O=C([O-])c1ccc(N2N=C(C(F)(F)F)CC2=O)cc1. The standard InChI is InChI=1S/C11H7F3N2O3/c12-11(13,14)8-5-9(17)16(15-8)7-3-1-6(2-4-7)10(18)19/h1-4H,5H2,(H,18,19)/p-1. The van der Waals surface area contributed by atoms with E-state index >= 15 is 0 Å². The zero-order chi connectivity index (χ0) is 14.2. The lowest BCUT2D eigenvalue weighted by atomic mass is 10.2. The van der Waals surface area contributed by atoms with Gasteiger partial charge in [0.25, 0.3) is 5.91 Å². The number of carboxylic acid groups (broad SMARTS) is 1. The fourth-order valence-corrected chi connectivity index (χ4v) is 1.53. The number of benzene rings is 1. The van der Waals surface area contributed by atoms with Gasteiger partial charge in [-0.05, 0) is 17.7 Å². The molecule has 2 rings (SSSR count). The maximum atomic E-state index is 12.4. The molecule has 8 heteroatoms. The Labute approximate surface area is 104 Å². The molecule has 0 radical (unpaired) electrons. The first-order chi connectivity index (χ1) is 8.79. The van der Waals surface area contributed by atoms with Crippen LogP contribution in [0, 0.1) is 0 Å². The summed E-state index contributed by atoms with van der Waals surface area (Å²) in [5.74, 6) is -2.24. The molecule has 0 unspecified atom stereocenters. The highest BCUT2D eigenvalue weighted by atomic mass is 19.4. The molecule has 1 amide bonds. The lowest BCUT2D eigenvalue weighted by molar-refractivity contribution is -0.255. The number of rotatable bonds is 2. The molecular weight excluding hydrogens is 265 g/mol. The van der Waals surface area contributed by atoms with Crippen molar-refractivity contribution in [2.75, 3.05) is 5.01 Å². The molecule has 1 aromatic rings. The van der Waals surface area contributed by atoms with E-state index in [0.29, 0.717) is 5.01 Å². The third-order valence-corrected chi connectivity index (χ3v) is 2.45. The topological polar surface area (TPSA) is 72.8 Å². The lowest BCUT2D eigenvalue weighted by Gasteiger charge is -2.12. The number of amides is 1. The van der Waals surface area contributed by atoms with Gasteiger partial charge in [-0.1, -0.05) is 12.1 Å². The Morgan fingerprint density at radius 1 is 1.26 bits per heavy atom. The highest BCUT2D eigenvalue weighted by Gasteiger charge is 2.42. The number of carbonyl (C=O) groups is 2. The monoisotopic (exact) mass is 271 g/mol. The molecular formula is C11H6F3N2O3-. The van der Waals surface area contributed by atoms with Gasteiger partial charge in [0.15, 0.2) is 5.71 Å². The number of hydrogen-bond acceptors (Lipinski definition) is 4. The highest BCUT2D eigenvalue weighted by molar-refractivity contribution is 6.14. The number of halogens is 3. The van der Waals surface area contributed by atoms with Crippen molar-refractivity contribution in [2.45, 2.75) is 12.6 Å². The van der Waals surface area contributed by atoms with Crippen molar-refractivity contribution >= 4 is 23.3 Å². The van der Waals surface area contributed by atoms with Crippen molar-refractivity contribution in [3.8, 4) is 0 Å². The van der Waals surface area contributed by atoms with E-state index in [1.165, 1.54) is 12.1 Å². The van der Waals surface area contributed by atoms with E-state index in [1.54, 1.807) is 0 Å². The molecule has 0 saturated heterocycles. The van der Waals surface area contributed by atoms with E-state index in [-0.39, 0.29) is 11.3 Å². The van der Waals surface area contributed by atoms with E-state index in [2.05, 4.69) is 5.10 Å². The van der Waals surface area contributed by atoms with Gasteiger partial charge in [-0.15, -0.1) is 0 Å². The van der Waals surface area contributed by atoms with Crippen LogP contribution in [0.1, 0.15) is 16.8 Å². The normalized spacial score (nSPS) is 15.6. The van der Waals surface area contributed by atoms with Crippen molar-refractivity contribution in [1.82, 2.24) is 0 Å². The van der Waals surface area contributed by atoms with Gasteiger partial charge in [-0.2, -0.15) is 18.3 Å². The molecule has 5 nitrogen and oxygen atoms in total. The first-order valence-corrected chi connectivity index (χ1v) is 5.08. The number of nitrogens with zero attached hydrogens (tertiary/aromatic N) is 2. The number of alkyl halides is 3. The summed E-state index contributed by atoms with van der Waals surface area (Å²) in [7, 11) is 0. The van der Waals surface area contributed by atoms with Gasteiger partial charge >= 0.3 is 6.18 Å². The number of carbonyl (C=O) groups excluding carboxylic acids is 2. The molecule has 1 aliphatic heterocycles. The molecule has 0 aliphatic carbocycles. The van der Waals surface area contributed by atoms with Crippen molar-refractivity contribution in [3.05, 3.63) is 29.8 Å². The molecule has 0 bridgehead atoms. The highest BCUT2D eigenvalue weighted by Crippen LogP contribution is 2.28. The predicted octanol–water partition coefficient (Wildman–Crippen LogP) is 0.705. The summed E-state index contributed by atoms with van der Waals surface area (Å²) in [5.41, 5.74) is -1.26. The molecule has 1 heterocycles. The van der Waals surface area contributed by atoms with Crippen molar-refractivity contribution in [1.29, 1.82) is 0 Å². The summed E-state index contributed by atoms with van der Waals surface area (Å²) in [6.45, 7) is 0. The zero-order valence-corrected chi connectivity index (χ0v) is 9.27. The minimum absolute atomic E-state index is 0.0641. The predicted molar refractivity (Wildman–Crippen MR) is 56.4 cm³/mol. The van der Waals surface area contributed by atoms with Gasteiger partial charge < -0.3 is 9.90 Å². The lowest BCUT2D eigenvalue weighted by Crippen LogP contribution is -2.23. The van der Waals surface area contributed by atoms with Crippen LogP contribution in [0.15, 0.2) is 29.4 Å². The summed E-state index contributed by atoms with van der Waals surface area (Å²) in [6.07, 6.45) is -5.49. The van der Waals surface area contributed by atoms with Crippen LogP contribution in [0.4, 0.5) is 18.9 Å². The largest absolute Gasteiger partial charge is 0.545 e. The first-order valence-electron chi connectivity index (χ1n) is 5.08. The molecule has 0 aromatic heterocycles. The van der Waals surface area contributed by atoms with Gasteiger partial charge in [-0.25, -0.2) is 5.01 Å². The number of hydrogen-bond donors (Lipinski definition) is 0. The fourth-order valence-electron chi connectivity index (χ4n) is 1.53. The molecule has 0 spiro atoms. The quantitative estimate of drug-likeness (QED) is 0.795. The van der Waals surface area contributed by atoms with Gasteiger partial charge in [0, 0.05) is 0 Å². The van der Waals surface area contributed by atoms with Gasteiger partial charge in [0.2, 0.25) is 0 Å². The van der Waals surface area contributed by atoms with Crippen molar-refractivity contribution in [3.63, 3.8) is 0 Å². The third kappa shape index (κ3) is 2.56. The maximum absolute atomic E-state index is 12.4. The molecule has 19 heavy (non-hydrogen) atoms. The van der Waals surface area contributed by atoms with E-state index in [1.807, 2.05) is 0 Å². The molecule has 1 aromatic carbocycles. The third-order valence-electron chi connectivity index (χ3n) is 2.45. The second-order valence-corrected chi connectivity index (χ2v) is 3.76. The summed E-state index contributed by atoms with van der Waals surface area (Å²) < 4.78 is 37.2. The zero-order valence-electron chi connectivity index (χ0n) is 9.27. The molecule has 0 fully saturated rings. The number of aromatic carboxylic acids is 1. The Morgan fingerprint density at radius 3 is 2.26 bits per heavy atom. The van der Waals surface area contributed by atoms with Gasteiger partial charge in [-0.3, -0.25) is 4.79 Å². The van der Waals surface area contributed by atoms with Crippen LogP contribution in [-0.4, -0.2) is 23.8 Å². The molecule has 0 saturated carbocycles. The number of carboxylic acids is 1. The summed E-state index contributed by atoms with van der Waals surface area (Å²) in [5, 5.41) is 14.3. The number of hydrazone groups is 1. The van der Waals surface area contributed by atoms with Crippen LogP contribution in [0.3, 0.4) is 0 Å². The van der Waals surface area contributed by atoms with Gasteiger partial charge in [0.1, 0.15) is 0 Å². The number of anilines is 1.